The van der Waals surface area contributed by atoms with Crippen LogP contribution in [0.2, 0.25) is 0 Å². The molecule has 1 aromatic rings. The second kappa shape index (κ2) is 4.47. The standard InChI is InChI=1S/C15H24N2O/c1-14(2)10-16-11-15(3,4)17(14)12-6-8-13(18-5)9-7-12/h6-9,16H,10-11H2,1-5H3. The van der Waals surface area contributed by atoms with Crippen LogP contribution in [-0.2, 0) is 0 Å². The average Bonchev–Trinajstić information content (AvgIpc) is 2.27. The molecule has 0 radical (unpaired) electrons. The lowest BCUT2D eigenvalue weighted by Crippen LogP contribution is -2.68. The normalized spacial score (nSPS) is 21.7. The lowest BCUT2D eigenvalue weighted by atomic mass is 9.88. The van der Waals surface area contributed by atoms with E-state index in [4.69, 9.17) is 4.74 Å². The molecule has 3 heteroatoms. The molecule has 1 N–H and O–H groups in total. The third-order valence-electron chi connectivity index (χ3n) is 3.66. The van der Waals surface area contributed by atoms with Crippen LogP contribution >= 0.6 is 0 Å². The van der Waals surface area contributed by atoms with Crippen molar-refractivity contribution in [3.8, 4) is 5.75 Å². The van der Waals surface area contributed by atoms with Gasteiger partial charge in [0.2, 0.25) is 0 Å². The zero-order valence-corrected chi connectivity index (χ0v) is 12.1. The van der Waals surface area contributed by atoms with E-state index in [1.807, 2.05) is 12.1 Å². The lowest BCUT2D eigenvalue weighted by Gasteiger charge is -2.54. The summed E-state index contributed by atoms with van der Waals surface area (Å²) in [6.07, 6.45) is 0. The topological polar surface area (TPSA) is 24.5 Å². The minimum Gasteiger partial charge on any atom is -0.497 e. The first-order valence-corrected chi connectivity index (χ1v) is 6.52. The summed E-state index contributed by atoms with van der Waals surface area (Å²) in [4.78, 5) is 2.51. The highest BCUT2D eigenvalue weighted by Gasteiger charge is 2.41. The maximum atomic E-state index is 5.23. The van der Waals surface area contributed by atoms with Crippen LogP contribution in [0.15, 0.2) is 24.3 Å². The second-order valence-corrected chi connectivity index (χ2v) is 6.26. The molecule has 0 bridgehead atoms. The summed E-state index contributed by atoms with van der Waals surface area (Å²) in [6.45, 7) is 11.1. The summed E-state index contributed by atoms with van der Waals surface area (Å²) >= 11 is 0. The van der Waals surface area contributed by atoms with Crippen molar-refractivity contribution in [2.45, 2.75) is 38.8 Å². The fourth-order valence-corrected chi connectivity index (χ4v) is 3.08. The van der Waals surface area contributed by atoms with Crippen molar-refractivity contribution in [1.82, 2.24) is 5.32 Å². The largest absolute Gasteiger partial charge is 0.497 e. The van der Waals surface area contributed by atoms with E-state index in [1.165, 1.54) is 5.69 Å². The molecule has 0 amide bonds. The van der Waals surface area contributed by atoms with E-state index in [0.717, 1.165) is 18.8 Å². The number of nitrogens with zero attached hydrogens (tertiary/aromatic N) is 1. The van der Waals surface area contributed by atoms with Gasteiger partial charge in [-0.1, -0.05) is 0 Å². The summed E-state index contributed by atoms with van der Waals surface area (Å²) in [7, 11) is 1.70. The minimum atomic E-state index is 0.107. The molecule has 0 unspecified atom stereocenters. The molecule has 0 aliphatic carbocycles. The van der Waals surface area contributed by atoms with Gasteiger partial charge in [-0.2, -0.15) is 0 Å². The lowest BCUT2D eigenvalue weighted by molar-refractivity contribution is 0.263. The summed E-state index contributed by atoms with van der Waals surface area (Å²) in [5.41, 5.74) is 1.47. The Kier molecular flexibility index (Phi) is 3.28. The predicted molar refractivity (Wildman–Crippen MR) is 76.5 cm³/mol. The highest BCUT2D eigenvalue weighted by molar-refractivity contribution is 5.54. The number of piperazine rings is 1. The number of nitrogens with one attached hydrogen (secondary N) is 1. The Morgan fingerprint density at radius 3 is 1.94 bits per heavy atom. The number of ether oxygens (including phenoxy) is 1. The number of methoxy groups -OCH3 is 1. The van der Waals surface area contributed by atoms with Crippen molar-refractivity contribution in [2.75, 3.05) is 25.1 Å². The van der Waals surface area contributed by atoms with Crippen LogP contribution in [-0.4, -0.2) is 31.3 Å². The molecule has 1 aromatic carbocycles. The van der Waals surface area contributed by atoms with Gasteiger partial charge in [-0.15, -0.1) is 0 Å². The first-order valence-electron chi connectivity index (χ1n) is 6.52. The van der Waals surface area contributed by atoms with Gasteiger partial charge < -0.3 is 15.0 Å². The molecule has 3 nitrogen and oxygen atoms in total. The van der Waals surface area contributed by atoms with Gasteiger partial charge >= 0.3 is 0 Å². The van der Waals surface area contributed by atoms with Gasteiger partial charge in [0.25, 0.3) is 0 Å². The SMILES string of the molecule is COc1ccc(N2C(C)(C)CNCC2(C)C)cc1. The molecule has 1 aliphatic rings. The van der Waals surface area contributed by atoms with Crippen molar-refractivity contribution >= 4 is 5.69 Å². The Hall–Kier alpha value is -1.22. The number of rotatable bonds is 2. The van der Waals surface area contributed by atoms with E-state index in [0.29, 0.717) is 0 Å². The number of hydrogen-bond donors (Lipinski definition) is 1. The molecule has 100 valence electrons. The van der Waals surface area contributed by atoms with E-state index in [-0.39, 0.29) is 11.1 Å². The van der Waals surface area contributed by atoms with Crippen molar-refractivity contribution < 1.29 is 4.74 Å². The van der Waals surface area contributed by atoms with Gasteiger partial charge in [-0.3, -0.25) is 0 Å². The van der Waals surface area contributed by atoms with Crippen LogP contribution in [0.3, 0.4) is 0 Å². The van der Waals surface area contributed by atoms with Gasteiger partial charge in [-0.25, -0.2) is 0 Å². The van der Waals surface area contributed by atoms with Gasteiger partial charge in [0, 0.05) is 29.9 Å². The Morgan fingerprint density at radius 1 is 1.00 bits per heavy atom. The van der Waals surface area contributed by atoms with Crippen LogP contribution in [0, 0.1) is 0 Å². The third-order valence-corrected chi connectivity index (χ3v) is 3.66. The second-order valence-electron chi connectivity index (χ2n) is 6.26. The van der Waals surface area contributed by atoms with E-state index in [9.17, 15) is 0 Å². The van der Waals surface area contributed by atoms with Gasteiger partial charge in [-0.05, 0) is 52.0 Å². The minimum absolute atomic E-state index is 0.107. The van der Waals surface area contributed by atoms with Crippen LogP contribution in [0.4, 0.5) is 5.69 Å². The molecule has 18 heavy (non-hydrogen) atoms. The first kappa shape index (κ1) is 13.2. The summed E-state index contributed by atoms with van der Waals surface area (Å²) < 4.78 is 5.23. The zero-order chi connectivity index (χ0) is 13.4. The molecule has 1 saturated heterocycles. The summed E-state index contributed by atoms with van der Waals surface area (Å²) in [5.74, 6) is 0.907. The van der Waals surface area contributed by atoms with Gasteiger partial charge in [0.15, 0.2) is 0 Å². The van der Waals surface area contributed by atoms with Crippen molar-refractivity contribution in [2.24, 2.45) is 0 Å². The molecule has 1 aliphatic heterocycles. The van der Waals surface area contributed by atoms with Gasteiger partial charge in [0.05, 0.1) is 7.11 Å². The molecule has 0 atom stereocenters. The zero-order valence-electron chi connectivity index (χ0n) is 12.1. The Labute approximate surface area is 110 Å². The molecular weight excluding hydrogens is 224 g/mol. The highest BCUT2D eigenvalue weighted by Crippen LogP contribution is 2.34. The van der Waals surface area contributed by atoms with Crippen LogP contribution in [0.1, 0.15) is 27.7 Å². The van der Waals surface area contributed by atoms with Crippen LogP contribution in [0.25, 0.3) is 0 Å². The van der Waals surface area contributed by atoms with Crippen LogP contribution < -0.4 is 15.0 Å². The fraction of sp³-hybridized carbons (Fsp3) is 0.600. The molecule has 2 rings (SSSR count). The molecule has 0 spiro atoms. The maximum Gasteiger partial charge on any atom is 0.119 e. The quantitative estimate of drug-likeness (QED) is 0.871. The fourth-order valence-electron chi connectivity index (χ4n) is 3.08. The molecule has 1 heterocycles. The Bertz CT molecular complexity index is 393. The summed E-state index contributed by atoms with van der Waals surface area (Å²) in [5, 5.41) is 3.52. The maximum absolute atomic E-state index is 5.23. The molecular formula is C15H24N2O. The van der Waals surface area contributed by atoms with Gasteiger partial charge in [0.1, 0.15) is 5.75 Å². The molecule has 1 fully saturated rings. The van der Waals surface area contributed by atoms with Crippen molar-refractivity contribution in [3.63, 3.8) is 0 Å². The van der Waals surface area contributed by atoms with E-state index < -0.39 is 0 Å². The molecule has 0 aromatic heterocycles. The van der Waals surface area contributed by atoms with Crippen molar-refractivity contribution in [1.29, 1.82) is 0 Å². The van der Waals surface area contributed by atoms with E-state index in [1.54, 1.807) is 7.11 Å². The number of hydrogen-bond acceptors (Lipinski definition) is 3. The first-order chi connectivity index (χ1) is 8.37. The number of anilines is 1. The summed E-state index contributed by atoms with van der Waals surface area (Å²) in [6, 6.07) is 8.36. The van der Waals surface area contributed by atoms with E-state index >= 15 is 0 Å². The Balaban J connectivity index is 2.37. The highest BCUT2D eigenvalue weighted by atomic mass is 16.5. The Morgan fingerprint density at radius 2 is 1.50 bits per heavy atom. The average molecular weight is 248 g/mol. The third kappa shape index (κ3) is 2.32. The number of benzene rings is 1. The molecule has 0 saturated carbocycles. The predicted octanol–water partition coefficient (Wildman–Crippen LogP) is 2.66. The smallest absolute Gasteiger partial charge is 0.119 e. The monoisotopic (exact) mass is 248 g/mol. The van der Waals surface area contributed by atoms with Crippen LogP contribution in [0.5, 0.6) is 5.75 Å². The van der Waals surface area contributed by atoms with E-state index in [2.05, 4.69) is 50.0 Å². The van der Waals surface area contributed by atoms with Crippen molar-refractivity contribution in [3.05, 3.63) is 24.3 Å².